The molecule has 0 saturated heterocycles. The fourth-order valence-electron chi connectivity index (χ4n) is 2.45. The highest BCUT2D eigenvalue weighted by molar-refractivity contribution is 5.99. The molecule has 9 nitrogen and oxygen atoms in total. The largest absolute Gasteiger partial charge is 0.493 e. The number of nitrogens with zero attached hydrogens (tertiary/aromatic N) is 2. The molecule has 2 aromatic rings. The van der Waals surface area contributed by atoms with Gasteiger partial charge in [0.2, 0.25) is 0 Å². The molecule has 0 amide bonds. The first-order valence-electron chi connectivity index (χ1n) is 7.27. The second kappa shape index (κ2) is 7.48. The van der Waals surface area contributed by atoms with Crippen LogP contribution < -0.4 is 15.2 Å². The smallest absolute Gasteiger partial charge is 0.357 e. The summed E-state index contributed by atoms with van der Waals surface area (Å²) in [6.45, 7) is 0. The van der Waals surface area contributed by atoms with Crippen molar-refractivity contribution in [1.29, 1.82) is 5.26 Å². The van der Waals surface area contributed by atoms with E-state index >= 15 is 0 Å². The van der Waals surface area contributed by atoms with Crippen molar-refractivity contribution in [1.82, 2.24) is 4.57 Å². The Balaban J connectivity index is 2.89. The van der Waals surface area contributed by atoms with Gasteiger partial charge in [0.1, 0.15) is 6.07 Å². The SMILES string of the molecule is COC(=O)c1cc(OC)c(OC)cc1-n1cc(C#N)c(N)c1C(=O)OC. The monoisotopic (exact) mass is 359 g/mol. The molecule has 2 N–H and O–H groups in total. The quantitative estimate of drug-likeness (QED) is 0.796. The molecular formula is C17H17N3O6. The van der Waals surface area contributed by atoms with Crippen molar-refractivity contribution in [3.63, 3.8) is 0 Å². The maximum atomic E-state index is 12.2. The molecule has 0 fully saturated rings. The van der Waals surface area contributed by atoms with E-state index in [0.717, 1.165) is 0 Å². The highest BCUT2D eigenvalue weighted by Crippen LogP contribution is 2.35. The van der Waals surface area contributed by atoms with Gasteiger partial charge in [-0.2, -0.15) is 5.26 Å². The van der Waals surface area contributed by atoms with Gasteiger partial charge < -0.3 is 29.2 Å². The minimum absolute atomic E-state index is 0.0519. The normalized spacial score (nSPS) is 9.96. The summed E-state index contributed by atoms with van der Waals surface area (Å²) in [6, 6.07) is 4.77. The van der Waals surface area contributed by atoms with Gasteiger partial charge in [0, 0.05) is 18.3 Å². The summed E-state index contributed by atoms with van der Waals surface area (Å²) in [5.74, 6) is -0.856. The van der Waals surface area contributed by atoms with Gasteiger partial charge in [-0.25, -0.2) is 9.59 Å². The van der Waals surface area contributed by atoms with Crippen molar-refractivity contribution >= 4 is 17.6 Å². The zero-order chi connectivity index (χ0) is 19.4. The molecule has 0 atom stereocenters. The number of aromatic nitrogens is 1. The van der Waals surface area contributed by atoms with Crippen LogP contribution in [-0.2, 0) is 9.47 Å². The van der Waals surface area contributed by atoms with Gasteiger partial charge in [0.25, 0.3) is 0 Å². The molecule has 0 unspecified atom stereocenters. The maximum absolute atomic E-state index is 12.2. The molecule has 136 valence electrons. The first-order chi connectivity index (χ1) is 12.4. The van der Waals surface area contributed by atoms with Crippen LogP contribution in [0.2, 0.25) is 0 Å². The van der Waals surface area contributed by atoms with Crippen LogP contribution in [-0.4, -0.2) is 44.9 Å². The molecule has 1 aromatic heterocycles. The average molecular weight is 359 g/mol. The third-order valence-corrected chi connectivity index (χ3v) is 3.71. The van der Waals surface area contributed by atoms with Gasteiger partial charge in [-0.05, 0) is 0 Å². The van der Waals surface area contributed by atoms with Crippen LogP contribution in [0.5, 0.6) is 11.5 Å². The van der Waals surface area contributed by atoms with Crippen molar-refractivity contribution in [2.24, 2.45) is 0 Å². The summed E-state index contributed by atoms with van der Waals surface area (Å²) in [5.41, 5.74) is 6.08. The van der Waals surface area contributed by atoms with Crippen LogP contribution >= 0.6 is 0 Å². The Bertz CT molecular complexity index is 910. The Hall–Kier alpha value is -3.67. The van der Waals surface area contributed by atoms with Gasteiger partial charge in [-0.1, -0.05) is 0 Å². The first-order valence-corrected chi connectivity index (χ1v) is 7.27. The summed E-state index contributed by atoms with van der Waals surface area (Å²) in [4.78, 5) is 24.4. The van der Waals surface area contributed by atoms with E-state index in [1.165, 1.54) is 51.3 Å². The molecule has 0 aliphatic carbocycles. The van der Waals surface area contributed by atoms with E-state index in [9.17, 15) is 14.9 Å². The Morgan fingerprint density at radius 2 is 1.62 bits per heavy atom. The summed E-state index contributed by atoms with van der Waals surface area (Å²) >= 11 is 0. The van der Waals surface area contributed by atoms with Gasteiger partial charge in [0.15, 0.2) is 17.2 Å². The summed E-state index contributed by atoms with van der Waals surface area (Å²) in [5, 5.41) is 9.23. The fraction of sp³-hybridized carbons (Fsp3) is 0.235. The number of nitrogen functional groups attached to an aromatic ring is 1. The molecule has 0 bridgehead atoms. The average Bonchev–Trinajstić information content (AvgIpc) is 3.01. The molecule has 26 heavy (non-hydrogen) atoms. The predicted molar refractivity (Wildman–Crippen MR) is 90.7 cm³/mol. The highest BCUT2D eigenvalue weighted by atomic mass is 16.5. The lowest BCUT2D eigenvalue weighted by molar-refractivity contribution is 0.0581. The summed E-state index contributed by atoms with van der Waals surface area (Å²) in [6.07, 6.45) is 1.33. The lowest BCUT2D eigenvalue weighted by Crippen LogP contribution is -2.14. The number of carbonyl (C=O) groups is 2. The molecular weight excluding hydrogens is 342 g/mol. The van der Waals surface area contributed by atoms with Crippen molar-refractivity contribution in [3.8, 4) is 23.3 Å². The van der Waals surface area contributed by atoms with Gasteiger partial charge in [0.05, 0.1) is 50.9 Å². The predicted octanol–water partition coefficient (Wildman–Crippen LogP) is 1.52. The van der Waals surface area contributed by atoms with Gasteiger partial charge >= 0.3 is 11.9 Å². The Kier molecular flexibility index (Phi) is 5.37. The zero-order valence-corrected chi connectivity index (χ0v) is 14.7. The minimum atomic E-state index is -0.769. The Morgan fingerprint density at radius 1 is 1.04 bits per heavy atom. The van der Waals surface area contributed by atoms with E-state index in [4.69, 9.17) is 24.7 Å². The van der Waals surface area contributed by atoms with Gasteiger partial charge in [-0.15, -0.1) is 0 Å². The summed E-state index contributed by atoms with van der Waals surface area (Å²) in [7, 11) is 5.24. The molecule has 1 aromatic carbocycles. The number of methoxy groups -OCH3 is 4. The van der Waals surface area contributed by atoms with E-state index in [-0.39, 0.29) is 33.9 Å². The number of hydrogen-bond donors (Lipinski definition) is 1. The number of anilines is 1. The number of nitriles is 1. The maximum Gasteiger partial charge on any atom is 0.357 e. The Morgan fingerprint density at radius 3 is 2.12 bits per heavy atom. The minimum Gasteiger partial charge on any atom is -0.493 e. The van der Waals surface area contributed by atoms with Crippen molar-refractivity contribution in [3.05, 3.63) is 35.2 Å². The fourth-order valence-corrected chi connectivity index (χ4v) is 2.45. The lowest BCUT2D eigenvalue weighted by atomic mass is 10.1. The van der Waals surface area contributed by atoms with Crippen molar-refractivity contribution in [2.75, 3.05) is 34.2 Å². The molecule has 0 radical (unpaired) electrons. The van der Waals surface area contributed by atoms with Crippen LogP contribution in [0.25, 0.3) is 5.69 Å². The van der Waals surface area contributed by atoms with Gasteiger partial charge in [-0.3, -0.25) is 0 Å². The number of nitrogens with two attached hydrogens (primary N) is 1. The van der Waals surface area contributed by atoms with Crippen molar-refractivity contribution in [2.45, 2.75) is 0 Å². The second-order valence-electron chi connectivity index (χ2n) is 4.99. The lowest BCUT2D eigenvalue weighted by Gasteiger charge is -2.16. The molecule has 0 aliphatic rings. The second-order valence-corrected chi connectivity index (χ2v) is 4.99. The number of hydrogen-bond acceptors (Lipinski definition) is 8. The Labute approximate surface area is 149 Å². The van der Waals surface area contributed by atoms with Crippen LogP contribution in [0.1, 0.15) is 26.4 Å². The molecule has 0 saturated carbocycles. The van der Waals surface area contributed by atoms with Crippen LogP contribution in [0, 0.1) is 11.3 Å². The number of carbonyl (C=O) groups excluding carboxylic acids is 2. The van der Waals surface area contributed by atoms with E-state index in [2.05, 4.69) is 0 Å². The van der Waals surface area contributed by atoms with Crippen LogP contribution in [0.3, 0.4) is 0 Å². The molecule has 9 heteroatoms. The highest BCUT2D eigenvalue weighted by Gasteiger charge is 2.26. The molecule has 0 spiro atoms. The number of rotatable bonds is 5. The number of benzene rings is 1. The first kappa shape index (κ1) is 18.7. The summed E-state index contributed by atoms with van der Waals surface area (Å²) < 4.78 is 21.3. The third-order valence-electron chi connectivity index (χ3n) is 3.71. The standard InChI is InChI=1S/C17H17N3O6/c1-23-12-5-10(16(21)25-3)11(6-13(12)24-2)20-8-9(7-18)14(19)15(20)17(22)26-4/h5-6,8H,19H2,1-4H3. The topological polar surface area (TPSA) is 126 Å². The molecule has 2 rings (SSSR count). The number of ether oxygens (including phenoxy) is 4. The third kappa shape index (κ3) is 3.00. The molecule has 1 heterocycles. The van der Waals surface area contributed by atoms with E-state index in [0.29, 0.717) is 5.75 Å². The zero-order valence-electron chi connectivity index (χ0n) is 14.7. The van der Waals surface area contributed by atoms with Crippen LogP contribution in [0.15, 0.2) is 18.3 Å². The van der Waals surface area contributed by atoms with Crippen molar-refractivity contribution < 1.29 is 28.5 Å². The molecule has 0 aliphatic heterocycles. The van der Waals surface area contributed by atoms with Crippen LogP contribution in [0.4, 0.5) is 5.69 Å². The number of esters is 2. The van der Waals surface area contributed by atoms with E-state index < -0.39 is 11.9 Å². The van der Waals surface area contributed by atoms with E-state index in [1.807, 2.05) is 6.07 Å². The van der Waals surface area contributed by atoms with E-state index in [1.54, 1.807) is 0 Å².